The molecule has 0 saturated carbocycles. The van der Waals surface area contributed by atoms with Crippen LogP contribution in [0, 0.1) is 13.8 Å². The number of aromatic nitrogens is 4. The molecule has 3 heterocycles. The molecule has 1 amide bonds. The van der Waals surface area contributed by atoms with Gasteiger partial charge in [-0.3, -0.25) is 4.79 Å². The number of hydrogen-bond acceptors (Lipinski definition) is 6. The summed E-state index contributed by atoms with van der Waals surface area (Å²) in [5, 5.41) is 7.61. The van der Waals surface area contributed by atoms with Crippen molar-refractivity contribution in [1.82, 2.24) is 24.6 Å². The molecule has 30 heavy (non-hydrogen) atoms. The Labute approximate surface area is 176 Å². The Morgan fingerprint density at radius 3 is 2.50 bits per heavy atom. The van der Waals surface area contributed by atoms with E-state index >= 15 is 0 Å². The number of para-hydroxylation sites is 1. The third kappa shape index (κ3) is 3.98. The average molecular weight is 406 g/mol. The Balaban J connectivity index is 1.45. The van der Waals surface area contributed by atoms with Crippen LogP contribution < -0.4 is 10.2 Å². The maximum atomic E-state index is 13.1. The lowest BCUT2D eigenvalue weighted by molar-refractivity contribution is 0.0745. The van der Waals surface area contributed by atoms with Crippen LogP contribution in [0.25, 0.3) is 5.69 Å². The first-order valence-corrected chi connectivity index (χ1v) is 10.3. The van der Waals surface area contributed by atoms with Gasteiger partial charge >= 0.3 is 0 Å². The summed E-state index contributed by atoms with van der Waals surface area (Å²) in [5.41, 5.74) is 3.39. The fourth-order valence-corrected chi connectivity index (χ4v) is 3.71. The molecule has 1 fully saturated rings. The molecule has 0 unspecified atom stereocenters. The Hall–Kier alpha value is -3.42. The van der Waals surface area contributed by atoms with Crippen LogP contribution in [0.3, 0.4) is 0 Å². The van der Waals surface area contributed by atoms with Crippen molar-refractivity contribution < 1.29 is 4.79 Å². The number of anilines is 2. The number of carbonyl (C=O) groups is 1. The molecule has 3 aromatic rings. The smallest absolute Gasteiger partial charge is 0.257 e. The maximum Gasteiger partial charge on any atom is 0.257 e. The maximum absolute atomic E-state index is 13.1. The number of piperazine rings is 1. The lowest BCUT2D eigenvalue weighted by Gasteiger charge is -2.35. The van der Waals surface area contributed by atoms with E-state index in [1.165, 1.54) is 0 Å². The van der Waals surface area contributed by atoms with E-state index in [4.69, 9.17) is 0 Å². The molecule has 2 aromatic heterocycles. The first kappa shape index (κ1) is 19.9. The predicted octanol–water partition coefficient (Wildman–Crippen LogP) is 2.67. The molecular weight excluding hydrogens is 378 g/mol. The summed E-state index contributed by atoms with van der Waals surface area (Å²) in [6.45, 7) is 9.48. The summed E-state index contributed by atoms with van der Waals surface area (Å²) in [6, 6.07) is 11.9. The second-order valence-electron chi connectivity index (χ2n) is 7.39. The van der Waals surface area contributed by atoms with Gasteiger partial charge in [0.2, 0.25) is 5.95 Å². The number of rotatable bonds is 5. The number of benzene rings is 1. The molecule has 0 aliphatic carbocycles. The van der Waals surface area contributed by atoms with Crippen LogP contribution in [0.1, 0.15) is 28.7 Å². The highest BCUT2D eigenvalue weighted by molar-refractivity contribution is 5.95. The summed E-state index contributed by atoms with van der Waals surface area (Å²) in [4.78, 5) is 26.3. The van der Waals surface area contributed by atoms with E-state index < -0.39 is 0 Å². The van der Waals surface area contributed by atoms with Crippen LogP contribution >= 0.6 is 0 Å². The SMILES string of the molecule is CCNc1nc(C)cc(N2CCN(C(=O)c3cnn(-c4ccccc4)c3C)CC2)n1. The molecule has 4 rings (SSSR count). The Morgan fingerprint density at radius 1 is 1.07 bits per heavy atom. The van der Waals surface area contributed by atoms with Gasteiger partial charge < -0.3 is 15.1 Å². The van der Waals surface area contributed by atoms with E-state index in [2.05, 4.69) is 25.3 Å². The third-order valence-electron chi connectivity index (χ3n) is 5.31. The van der Waals surface area contributed by atoms with Crippen molar-refractivity contribution >= 4 is 17.7 Å². The predicted molar refractivity (Wildman–Crippen MR) is 117 cm³/mol. The van der Waals surface area contributed by atoms with Gasteiger partial charge in [-0.1, -0.05) is 18.2 Å². The Morgan fingerprint density at radius 2 is 1.80 bits per heavy atom. The van der Waals surface area contributed by atoms with Gasteiger partial charge in [-0.05, 0) is 32.9 Å². The van der Waals surface area contributed by atoms with E-state index in [9.17, 15) is 4.79 Å². The van der Waals surface area contributed by atoms with E-state index in [-0.39, 0.29) is 5.91 Å². The van der Waals surface area contributed by atoms with Gasteiger partial charge in [0.15, 0.2) is 0 Å². The first-order chi connectivity index (χ1) is 14.6. The van der Waals surface area contributed by atoms with Crippen LogP contribution in [0.15, 0.2) is 42.6 Å². The van der Waals surface area contributed by atoms with Crippen LogP contribution in [0.4, 0.5) is 11.8 Å². The van der Waals surface area contributed by atoms with Crippen molar-refractivity contribution in [2.24, 2.45) is 0 Å². The summed E-state index contributed by atoms with van der Waals surface area (Å²) in [7, 11) is 0. The highest BCUT2D eigenvalue weighted by Gasteiger charge is 2.26. The average Bonchev–Trinajstić information content (AvgIpc) is 3.15. The Bertz CT molecular complexity index is 1020. The van der Waals surface area contributed by atoms with Gasteiger partial charge in [0.05, 0.1) is 23.1 Å². The zero-order valence-corrected chi connectivity index (χ0v) is 17.7. The molecule has 0 radical (unpaired) electrons. The highest BCUT2D eigenvalue weighted by atomic mass is 16.2. The lowest BCUT2D eigenvalue weighted by Crippen LogP contribution is -2.49. The van der Waals surface area contributed by atoms with Gasteiger partial charge in [0.25, 0.3) is 5.91 Å². The monoisotopic (exact) mass is 405 g/mol. The highest BCUT2D eigenvalue weighted by Crippen LogP contribution is 2.20. The topological polar surface area (TPSA) is 79.2 Å². The van der Waals surface area contributed by atoms with Crippen LogP contribution in [0.2, 0.25) is 0 Å². The summed E-state index contributed by atoms with van der Waals surface area (Å²) < 4.78 is 1.81. The summed E-state index contributed by atoms with van der Waals surface area (Å²) in [5.74, 6) is 1.58. The molecule has 1 aromatic carbocycles. The number of aryl methyl sites for hydroxylation is 1. The Kier molecular flexibility index (Phi) is 5.65. The third-order valence-corrected chi connectivity index (χ3v) is 5.31. The minimum Gasteiger partial charge on any atom is -0.354 e. The molecule has 0 spiro atoms. The normalized spacial score (nSPS) is 14.1. The molecule has 0 bridgehead atoms. The molecule has 1 aliphatic rings. The van der Waals surface area contributed by atoms with Gasteiger partial charge in [-0.15, -0.1) is 0 Å². The molecule has 1 aliphatic heterocycles. The molecule has 8 nitrogen and oxygen atoms in total. The zero-order chi connectivity index (χ0) is 21.1. The van der Waals surface area contributed by atoms with Gasteiger partial charge in [-0.25, -0.2) is 9.67 Å². The standard InChI is InChI=1S/C22H27N7O/c1-4-23-22-25-16(2)14-20(26-22)27-10-12-28(13-11-27)21(30)19-15-24-29(17(19)3)18-8-6-5-7-9-18/h5-9,14-15H,4,10-13H2,1-3H3,(H,23,25,26). The van der Waals surface area contributed by atoms with E-state index in [1.54, 1.807) is 6.20 Å². The van der Waals surface area contributed by atoms with Crippen molar-refractivity contribution in [2.45, 2.75) is 20.8 Å². The van der Waals surface area contributed by atoms with Crippen molar-refractivity contribution in [3.8, 4) is 5.69 Å². The van der Waals surface area contributed by atoms with E-state index in [0.29, 0.717) is 24.6 Å². The fraction of sp³-hybridized carbons (Fsp3) is 0.364. The first-order valence-electron chi connectivity index (χ1n) is 10.3. The van der Waals surface area contributed by atoms with E-state index in [1.807, 2.05) is 66.8 Å². The summed E-state index contributed by atoms with van der Waals surface area (Å²) >= 11 is 0. The quantitative estimate of drug-likeness (QED) is 0.703. The second-order valence-corrected chi connectivity index (χ2v) is 7.39. The number of nitrogens with one attached hydrogen (secondary N) is 1. The fourth-order valence-electron chi connectivity index (χ4n) is 3.71. The lowest BCUT2D eigenvalue weighted by atomic mass is 10.2. The van der Waals surface area contributed by atoms with E-state index in [0.717, 1.165) is 42.5 Å². The molecule has 1 N–H and O–H groups in total. The summed E-state index contributed by atoms with van der Waals surface area (Å²) in [6.07, 6.45) is 1.67. The van der Waals surface area contributed by atoms with Crippen LogP contribution in [0.5, 0.6) is 0 Å². The van der Waals surface area contributed by atoms with Crippen molar-refractivity contribution in [2.75, 3.05) is 42.9 Å². The minimum absolute atomic E-state index is 0.0292. The van der Waals surface area contributed by atoms with Crippen LogP contribution in [-0.2, 0) is 0 Å². The van der Waals surface area contributed by atoms with Crippen molar-refractivity contribution in [3.63, 3.8) is 0 Å². The second kappa shape index (κ2) is 8.52. The van der Waals surface area contributed by atoms with Gasteiger partial charge in [-0.2, -0.15) is 10.1 Å². The minimum atomic E-state index is 0.0292. The van der Waals surface area contributed by atoms with Crippen LogP contribution in [-0.4, -0.2) is 63.3 Å². The van der Waals surface area contributed by atoms with Gasteiger partial charge in [0, 0.05) is 44.5 Å². The number of amides is 1. The zero-order valence-electron chi connectivity index (χ0n) is 17.7. The van der Waals surface area contributed by atoms with Crippen molar-refractivity contribution in [1.29, 1.82) is 0 Å². The molecule has 1 saturated heterocycles. The molecule has 0 atom stereocenters. The number of carbonyl (C=O) groups excluding carboxylic acids is 1. The molecule has 8 heteroatoms. The van der Waals surface area contributed by atoms with Crippen molar-refractivity contribution in [3.05, 3.63) is 59.5 Å². The largest absolute Gasteiger partial charge is 0.354 e. The number of nitrogens with zero attached hydrogens (tertiary/aromatic N) is 6. The molecule has 156 valence electrons. The number of hydrogen-bond donors (Lipinski definition) is 1. The molecular formula is C22H27N7O. The van der Waals surface area contributed by atoms with Gasteiger partial charge in [0.1, 0.15) is 5.82 Å².